The number of nitrogens with zero attached hydrogens (tertiary/aromatic N) is 2. The van der Waals surface area contributed by atoms with Crippen LogP contribution >= 0.6 is 11.3 Å². The van der Waals surface area contributed by atoms with Crippen LogP contribution in [0.4, 0.5) is 0 Å². The number of thiophene rings is 1. The van der Waals surface area contributed by atoms with Crippen LogP contribution in [0.5, 0.6) is 0 Å². The van der Waals surface area contributed by atoms with Gasteiger partial charge in [-0.2, -0.15) is 4.31 Å². The summed E-state index contributed by atoms with van der Waals surface area (Å²) in [5.41, 5.74) is 0.406. The number of hydrogen-bond acceptors (Lipinski definition) is 6. The van der Waals surface area contributed by atoms with Crippen LogP contribution in [0.1, 0.15) is 5.56 Å². The zero-order chi connectivity index (χ0) is 12.3. The normalized spacial score (nSPS) is 18.8. The molecule has 0 aromatic carbocycles. The van der Waals surface area contributed by atoms with E-state index in [4.69, 9.17) is 9.94 Å². The molecule has 0 atom stereocenters. The van der Waals surface area contributed by atoms with Gasteiger partial charge in [-0.15, -0.1) is 11.3 Å². The molecule has 1 N–H and O–H groups in total. The molecule has 1 aromatic heterocycles. The van der Waals surface area contributed by atoms with E-state index in [9.17, 15) is 8.42 Å². The Hall–Kier alpha value is -0.960. The average Bonchev–Trinajstić information content (AvgIpc) is 2.80. The van der Waals surface area contributed by atoms with Crippen LogP contribution in [0.15, 0.2) is 20.8 Å². The minimum absolute atomic E-state index is 0.206. The molecule has 0 spiro atoms. The van der Waals surface area contributed by atoms with Gasteiger partial charge in [0.05, 0.1) is 19.4 Å². The fraction of sp³-hybridized carbons (Fsp3) is 0.444. The first kappa shape index (κ1) is 12.5. The predicted octanol–water partition coefficient (Wildman–Crippen LogP) is 0.577. The summed E-state index contributed by atoms with van der Waals surface area (Å²) in [7, 11) is -3.50. The van der Waals surface area contributed by atoms with Crippen LogP contribution in [0, 0.1) is 0 Å². The lowest BCUT2D eigenvalue weighted by molar-refractivity contribution is 0.0731. The minimum Gasteiger partial charge on any atom is -0.411 e. The topological polar surface area (TPSA) is 79.2 Å². The first-order chi connectivity index (χ1) is 8.16. The van der Waals surface area contributed by atoms with Crippen molar-refractivity contribution < 1.29 is 18.4 Å². The summed E-state index contributed by atoms with van der Waals surface area (Å²) in [6.07, 6.45) is 1.13. The highest BCUT2D eigenvalue weighted by atomic mass is 32.2. The molecular formula is C9H12N2O4S2. The fourth-order valence-electron chi connectivity index (χ4n) is 1.58. The lowest BCUT2D eigenvalue weighted by atomic mass is 10.4. The maximum Gasteiger partial charge on any atom is 0.253 e. The van der Waals surface area contributed by atoms with Crippen LogP contribution in [0.3, 0.4) is 0 Å². The molecule has 94 valence electrons. The van der Waals surface area contributed by atoms with Gasteiger partial charge in [-0.25, -0.2) is 8.42 Å². The third-order valence-corrected chi connectivity index (χ3v) is 5.79. The maximum absolute atomic E-state index is 12.3. The molecule has 2 heterocycles. The van der Waals surface area contributed by atoms with Gasteiger partial charge in [0.25, 0.3) is 10.0 Å². The van der Waals surface area contributed by atoms with Crippen LogP contribution in [0.25, 0.3) is 0 Å². The molecule has 0 saturated carbocycles. The van der Waals surface area contributed by atoms with Crippen molar-refractivity contribution in [3.63, 3.8) is 0 Å². The molecule has 1 aliphatic rings. The van der Waals surface area contributed by atoms with Crippen molar-refractivity contribution in [1.29, 1.82) is 0 Å². The maximum atomic E-state index is 12.3. The molecule has 1 saturated heterocycles. The first-order valence-corrected chi connectivity index (χ1v) is 7.31. The summed E-state index contributed by atoms with van der Waals surface area (Å²) in [6, 6.07) is 1.61. The van der Waals surface area contributed by atoms with E-state index in [-0.39, 0.29) is 4.21 Å². The molecular weight excluding hydrogens is 264 g/mol. The zero-order valence-corrected chi connectivity index (χ0v) is 10.6. The molecule has 17 heavy (non-hydrogen) atoms. The Labute approximate surface area is 103 Å². The summed E-state index contributed by atoms with van der Waals surface area (Å²) >= 11 is 1.12. The van der Waals surface area contributed by atoms with Gasteiger partial charge in [0, 0.05) is 18.7 Å². The molecule has 6 nitrogen and oxygen atoms in total. The lowest BCUT2D eigenvalue weighted by Gasteiger charge is -2.25. The molecule has 0 amide bonds. The number of oxime groups is 1. The van der Waals surface area contributed by atoms with Crippen molar-refractivity contribution in [3.05, 3.63) is 17.0 Å². The summed E-state index contributed by atoms with van der Waals surface area (Å²) in [6.45, 7) is 1.54. The van der Waals surface area contributed by atoms with Crippen molar-refractivity contribution in [2.24, 2.45) is 5.16 Å². The Bertz CT molecular complexity index is 503. The molecule has 8 heteroatoms. The summed E-state index contributed by atoms with van der Waals surface area (Å²) in [5, 5.41) is 13.0. The second kappa shape index (κ2) is 5.13. The van der Waals surface area contributed by atoms with Gasteiger partial charge in [0.2, 0.25) is 0 Å². The third kappa shape index (κ3) is 2.49. The predicted molar refractivity (Wildman–Crippen MR) is 63.3 cm³/mol. The van der Waals surface area contributed by atoms with E-state index in [0.717, 1.165) is 17.6 Å². The molecule has 0 radical (unpaired) electrons. The van der Waals surface area contributed by atoms with Crippen molar-refractivity contribution in [2.45, 2.75) is 4.21 Å². The second-order valence-electron chi connectivity index (χ2n) is 3.42. The van der Waals surface area contributed by atoms with Crippen LogP contribution in [0.2, 0.25) is 0 Å². The summed E-state index contributed by atoms with van der Waals surface area (Å²) < 4.78 is 31.3. The van der Waals surface area contributed by atoms with Gasteiger partial charge < -0.3 is 9.94 Å². The minimum atomic E-state index is -3.50. The Morgan fingerprint density at radius 3 is 2.82 bits per heavy atom. The van der Waals surface area contributed by atoms with Gasteiger partial charge in [-0.1, -0.05) is 5.16 Å². The Morgan fingerprint density at radius 2 is 2.18 bits per heavy atom. The standard InChI is InChI=1S/C9H12N2O4S2/c12-10-7-8-1-6-16-9(8)17(13,14)11-2-4-15-5-3-11/h1,6-7,12H,2-5H2. The quantitative estimate of drug-likeness (QED) is 0.497. The summed E-state index contributed by atoms with van der Waals surface area (Å²) in [5.74, 6) is 0. The Morgan fingerprint density at radius 1 is 1.47 bits per heavy atom. The average molecular weight is 276 g/mol. The Balaban J connectivity index is 2.33. The highest BCUT2D eigenvalue weighted by molar-refractivity contribution is 7.91. The third-order valence-electron chi connectivity index (χ3n) is 2.40. The van der Waals surface area contributed by atoms with E-state index in [1.165, 1.54) is 4.31 Å². The van der Waals surface area contributed by atoms with E-state index in [1.807, 2.05) is 0 Å². The second-order valence-corrected chi connectivity index (χ2v) is 6.47. The van der Waals surface area contributed by atoms with Gasteiger partial charge in [-0.05, 0) is 11.4 Å². The fourth-order valence-corrected chi connectivity index (χ4v) is 4.42. The van der Waals surface area contributed by atoms with Gasteiger partial charge in [0.15, 0.2) is 0 Å². The van der Waals surface area contributed by atoms with Crippen molar-refractivity contribution in [2.75, 3.05) is 26.3 Å². The molecule has 1 fully saturated rings. The number of morpholine rings is 1. The molecule has 0 unspecified atom stereocenters. The molecule has 0 aliphatic carbocycles. The first-order valence-electron chi connectivity index (χ1n) is 4.99. The van der Waals surface area contributed by atoms with Gasteiger partial charge in [-0.3, -0.25) is 0 Å². The van der Waals surface area contributed by atoms with E-state index in [2.05, 4.69) is 5.16 Å². The molecule has 1 aromatic rings. The summed E-state index contributed by atoms with van der Waals surface area (Å²) in [4.78, 5) is 0. The van der Waals surface area contributed by atoms with Crippen LogP contribution in [-0.4, -0.2) is 50.4 Å². The van der Waals surface area contributed by atoms with Crippen LogP contribution in [-0.2, 0) is 14.8 Å². The number of sulfonamides is 1. The molecule has 2 rings (SSSR count). The molecule has 0 bridgehead atoms. The smallest absolute Gasteiger partial charge is 0.253 e. The van der Waals surface area contributed by atoms with Gasteiger partial charge >= 0.3 is 0 Å². The number of rotatable bonds is 3. The van der Waals surface area contributed by atoms with E-state index >= 15 is 0 Å². The highest BCUT2D eigenvalue weighted by Crippen LogP contribution is 2.25. The van der Waals surface area contributed by atoms with Crippen molar-refractivity contribution >= 4 is 27.6 Å². The Kier molecular flexibility index (Phi) is 3.77. The van der Waals surface area contributed by atoms with Crippen molar-refractivity contribution in [3.8, 4) is 0 Å². The monoisotopic (exact) mass is 276 g/mol. The lowest BCUT2D eigenvalue weighted by Crippen LogP contribution is -2.40. The highest BCUT2D eigenvalue weighted by Gasteiger charge is 2.29. The van der Waals surface area contributed by atoms with Gasteiger partial charge in [0.1, 0.15) is 4.21 Å². The number of hydrogen-bond donors (Lipinski definition) is 1. The largest absolute Gasteiger partial charge is 0.411 e. The zero-order valence-electron chi connectivity index (χ0n) is 8.94. The van der Waals surface area contributed by atoms with Crippen molar-refractivity contribution in [1.82, 2.24) is 4.31 Å². The van der Waals surface area contributed by atoms with Crippen LogP contribution < -0.4 is 0 Å². The van der Waals surface area contributed by atoms with E-state index in [1.54, 1.807) is 11.4 Å². The van der Waals surface area contributed by atoms with E-state index < -0.39 is 10.0 Å². The van der Waals surface area contributed by atoms with E-state index in [0.29, 0.717) is 31.9 Å². The SMILES string of the molecule is O=S(=O)(c1sccc1C=NO)N1CCOCC1. The number of ether oxygens (including phenoxy) is 1. The molecule has 1 aliphatic heterocycles.